The summed E-state index contributed by atoms with van der Waals surface area (Å²) in [4.78, 5) is 36.0. The van der Waals surface area contributed by atoms with Gasteiger partial charge in [-0.2, -0.15) is 0 Å². The van der Waals surface area contributed by atoms with Gasteiger partial charge in [0, 0.05) is 6.20 Å². The van der Waals surface area contributed by atoms with Crippen LogP contribution in [0.5, 0.6) is 0 Å². The summed E-state index contributed by atoms with van der Waals surface area (Å²) in [5.41, 5.74) is -0.513. The van der Waals surface area contributed by atoms with E-state index in [1.807, 2.05) is 18.0 Å². The molecule has 19 heavy (non-hydrogen) atoms. The maximum absolute atomic E-state index is 11.7. The summed E-state index contributed by atoms with van der Waals surface area (Å²) in [6.07, 6.45) is 1.83. The van der Waals surface area contributed by atoms with E-state index in [4.69, 9.17) is 5.11 Å². The number of hydrogen-bond acceptors (Lipinski definition) is 3. The van der Waals surface area contributed by atoms with Crippen molar-refractivity contribution < 1.29 is 9.90 Å². The molecule has 2 rings (SSSR count). The van der Waals surface area contributed by atoms with Crippen molar-refractivity contribution in [3.05, 3.63) is 62.4 Å². The number of rotatable bonds is 3. The SMILES string of the molecule is CCc1cccc(-n2cc(C(=O)O)c(=O)[nH]c2=O)c1. The van der Waals surface area contributed by atoms with E-state index < -0.39 is 22.8 Å². The molecule has 0 spiro atoms. The molecule has 0 amide bonds. The smallest absolute Gasteiger partial charge is 0.342 e. The molecule has 0 saturated carbocycles. The Balaban J connectivity index is 2.68. The van der Waals surface area contributed by atoms with Crippen molar-refractivity contribution in [1.82, 2.24) is 9.55 Å². The molecule has 2 N–H and O–H groups in total. The zero-order chi connectivity index (χ0) is 14.0. The molecule has 0 saturated heterocycles. The second kappa shape index (κ2) is 4.93. The number of carbonyl (C=O) groups is 1. The van der Waals surface area contributed by atoms with Gasteiger partial charge >= 0.3 is 11.7 Å². The van der Waals surface area contributed by atoms with Crippen LogP contribution in [0.1, 0.15) is 22.8 Å². The molecule has 0 radical (unpaired) electrons. The van der Waals surface area contributed by atoms with Crippen LogP contribution in [0.2, 0.25) is 0 Å². The zero-order valence-electron chi connectivity index (χ0n) is 10.2. The summed E-state index contributed by atoms with van der Waals surface area (Å²) in [7, 11) is 0. The second-order valence-electron chi connectivity index (χ2n) is 4.00. The minimum absolute atomic E-state index is 0.471. The highest BCUT2D eigenvalue weighted by molar-refractivity contribution is 5.86. The van der Waals surface area contributed by atoms with Crippen LogP contribution >= 0.6 is 0 Å². The van der Waals surface area contributed by atoms with Crippen LogP contribution in [0.25, 0.3) is 5.69 Å². The second-order valence-corrected chi connectivity index (χ2v) is 4.00. The lowest BCUT2D eigenvalue weighted by atomic mass is 10.1. The Morgan fingerprint density at radius 1 is 1.37 bits per heavy atom. The van der Waals surface area contributed by atoms with Crippen LogP contribution in [-0.2, 0) is 6.42 Å². The Labute approximate surface area is 108 Å². The van der Waals surface area contributed by atoms with E-state index in [1.165, 1.54) is 0 Å². The molecule has 1 aromatic heterocycles. The number of benzene rings is 1. The van der Waals surface area contributed by atoms with Crippen LogP contribution in [0.15, 0.2) is 40.1 Å². The van der Waals surface area contributed by atoms with Crippen molar-refractivity contribution in [3.63, 3.8) is 0 Å². The molecule has 6 heteroatoms. The van der Waals surface area contributed by atoms with E-state index >= 15 is 0 Å². The highest BCUT2D eigenvalue weighted by atomic mass is 16.4. The highest BCUT2D eigenvalue weighted by Gasteiger charge is 2.12. The van der Waals surface area contributed by atoms with E-state index in [2.05, 4.69) is 0 Å². The predicted octanol–water partition coefficient (Wildman–Crippen LogP) is 0.786. The Morgan fingerprint density at radius 2 is 2.11 bits per heavy atom. The van der Waals surface area contributed by atoms with Gasteiger partial charge in [-0.3, -0.25) is 14.3 Å². The molecule has 0 fully saturated rings. The van der Waals surface area contributed by atoms with Crippen LogP contribution in [-0.4, -0.2) is 20.6 Å². The first kappa shape index (κ1) is 12.8. The Morgan fingerprint density at radius 3 is 2.74 bits per heavy atom. The van der Waals surface area contributed by atoms with Gasteiger partial charge in [-0.15, -0.1) is 0 Å². The molecule has 98 valence electrons. The molecule has 0 aliphatic heterocycles. The first-order valence-electron chi connectivity index (χ1n) is 5.71. The summed E-state index contributed by atoms with van der Waals surface area (Å²) in [5.74, 6) is -1.37. The zero-order valence-corrected chi connectivity index (χ0v) is 10.2. The number of nitrogens with zero attached hydrogens (tertiary/aromatic N) is 1. The summed E-state index contributed by atoms with van der Waals surface area (Å²) in [6, 6.07) is 7.11. The fourth-order valence-corrected chi connectivity index (χ4v) is 1.74. The maximum Gasteiger partial charge on any atom is 0.342 e. The average Bonchev–Trinajstić information content (AvgIpc) is 2.38. The topological polar surface area (TPSA) is 92.2 Å². The molecule has 2 aromatic rings. The quantitative estimate of drug-likeness (QED) is 0.853. The monoisotopic (exact) mass is 260 g/mol. The normalized spacial score (nSPS) is 10.4. The van der Waals surface area contributed by atoms with Gasteiger partial charge < -0.3 is 5.11 Å². The number of hydrogen-bond donors (Lipinski definition) is 2. The largest absolute Gasteiger partial charge is 0.477 e. The average molecular weight is 260 g/mol. The first-order valence-corrected chi connectivity index (χ1v) is 5.71. The number of aromatic nitrogens is 2. The molecular formula is C13H12N2O4. The van der Waals surface area contributed by atoms with Crippen molar-refractivity contribution in [2.45, 2.75) is 13.3 Å². The molecule has 0 aliphatic rings. The van der Waals surface area contributed by atoms with E-state index in [0.29, 0.717) is 5.69 Å². The molecule has 0 atom stereocenters. The van der Waals surface area contributed by atoms with E-state index in [1.54, 1.807) is 18.2 Å². The number of nitrogens with one attached hydrogen (secondary N) is 1. The lowest BCUT2D eigenvalue weighted by Gasteiger charge is -2.07. The maximum atomic E-state index is 11.7. The molecule has 1 heterocycles. The Bertz CT molecular complexity index is 743. The lowest BCUT2D eigenvalue weighted by Crippen LogP contribution is -2.32. The number of aromatic carboxylic acids is 1. The van der Waals surface area contributed by atoms with Crippen LogP contribution in [0, 0.1) is 0 Å². The lowest BCUT2D eigenvalue weighted by molar-refractivity contribution is 0.0694. The number of carboxylic acid groups (broad SMARTS) is 1. The summed E-state index contributed by atoms with van der Waals surface area (Å²) >= 11 is 0. The van der Waals surface area contributed by atoms with Gasteiger partial charge in [-0.25, -0.2) is 9.59 Å². The van der Waals surface area contributed by atoms with Gasteiger partial charge in [0.05, 0.1) is 5.69 Å². The summed E-state index contributed by atoms with van der Waals surface area (Å²) in [5, 5.41) is 8.89. The fourth-order valence-electron chi connectivity index (χ4n) is 1.74. The van der Waals surface area contributed by atoms with Gasteiger partial charge in [0.1, 0.15) is 5.56 Å². The first-order chi connectivity index (χ1) is 9.02. The van der Waals surface area contributed by atoms with Gasteiger partial charge in [-0.05, 0) is 24.1 Å². The molecular weight excluding hydrogens is 248 g/mol. The standard InChI is InChI=1S/C13H12N2O4/c1-2-8-4-3-5-9(6-8)15-7-10(12(17)18)11(16)14-13(15)19/h3-7H,2H2,1H3,(H,17,18)(H,14,16,19). The third-order valence-electron chi connectivity index (χ3n) is 2.77. The predicted molar refractivity (Wildman–Crippen MR) is 69.0 cm³/mol. The minimum Gasteiger partial charge on any atom is -0.477 e. The minimum atomic E-state index is -1.37. The van der Waals surface area contributed by atoms with Crippen molar-refractivity contribution in [1.29, 1.82) is 0 Å². The molecule has 0 aliphatic carbocycles. The van der Waals surface area contributed by atoms with Crippen molar-refractivity contribution in [3.8, 4) is 5.69 Å². The summed E-state index contributed by atoms with van der Waals surface area (Å²) < 4.78 is 1.12. The highest BCUT2D eigenvalue weighted by Crippen LogP contribution is 2.09. The van der Waals surface area contributed by atoms with Crippen LogP contribution < -0.4 is 11.2 Å². The van der Waals surface area contributed by atoms with E-state index in [9.17, 15) is 14.4 Å². The summed E-state index contributed by atoms with van der Waals surface area (Å²) in [6.45, 7) is 1.97. The fraction of sp³-hybridized carbons (Fsp3) is 0.154. The molecule has 0 unspecified atom stereocenters. The Hall–Kier alpha value is -2.63. The molecule has 6 nitrogen and oxygen atoms in total. The number of H-pyrrole nitrogens is 1. The third-order valence-corrected chi connectivity index (χ3v) is 2.77. The van der Waals surface area contributed by atoms with Crippen molar-refractivity contribution >= 4 is 5.97 Å². The van der Waals surface area contributed by atoms with Crippen LogP contribution in [0.4, 0.5) is 0 Å². The van der Waals surface area contributed by atoms with E-state index in [-0.39, 0.29) is 0 Å². The Kier molecular flexibility index (Phi) is 3.33. The van der Waals surface area contributed by atoms with E-state index in [0.717, 1.165) is 22.7 Å². The van der Waals surface area contributed by atoms with Crippen molar-refractivity contribution in [2.75, 3.05) is 0 Å². The van der Waals surface area contributed by atoms with Gasteiger partial charge in [0.25, 0.3) is 5.56 Å². The molecule has 1 aromatic carbocycles. The van der Waals surface area contributed by atoms with Crippen molar-refractivity contribution in [2.24, 2.45) is 0 Å². The van der Waals surface area contributed by atoms with Gasteiger partial charge in [0.15, 0.2) is 0 Å². The van der Waals surface area contributed by atoms with Gasteiger partial charge in [-0.1, -0.05) is 19.1 Å². The van der Waals surface area contributed by atoms with Gasteiger partial charge in [0.2, 0.25) is 0 Å². The number of aryl methyl sites for hydroxylation is 1. The number of carboxylic acids is 1. The molecule has 0 bridgehead atoms. The van der Waals surface area contributed by atoms with Crippen LogP contribution in [0.3, 0.4) is 0 Å². The third kappa shape index (κ3) is 2.47. The number of aromatic amines is 1.